The molecule has 22 heavy (non-hydrogen) atoms. The summed E-state index contributed by atoms with van der Waals surface area (Å²) in [6.07, 6.45) is -0.424. The van der Waals surface area contributed by atoms with Crippen LogP contribution in [0.5, 0.6) is 5.75 Å². The zero-order valence-corrected chi connectivity index (χ0v) is 11.5. The monoisotopic (exact) mass is 314 g/mol. The summed E-state index contributed by atoms with van der Waals surface area (Å²) >= 11 is 0. The zero-order valence-electron chi connectivity index (χ0n) is 11.5. The molecular weight excluding hydrogens is 300 g/mol. The number of aliphatic hydroxyl groups excluding tert-OH is 1. The van der Waals surface area contributed by atoms with Crippen molar-refractivity contribution in [1.82, 2.24) is 0 Å². The van der Waals surface area contributed by atoms with Crippen molar-refractivity contribution in [2.24, 2.45) is 0 Å². The number of fused-ring (bicyclic) bond motifs is 1. The normalized spacial score (nSPS) is 12.5. The van der Waals surface area contributed by atoms with Crippen LogP contribution in [0.3, 0.4) is 0 Å². The van der Waals surface area contributed by atoms with Crippen molar-refractivity contribution in [3.8, 4) is 5.75 Å². The summed E-state index contributed by atoms with van der Waals surface area (Å²) in [6.45, 7) is -1.43. The Morgan fingerprint density at radius 1 is 1.09 bits per heavy atom. The molecule has 0 atom stereocenters. The third-order valence-corrected chi connectivity index (χ3v) is 3.00. The lowest BCUT2D eigenvalue weighted by atomic mass is 10.1. The van der Waals surface area contributed by atoms with Gasteiger partial charge in [-0.3, -0.25) is 0 Å². The Balaban J connectivity index is 2.16. The van der Waals surface area contributed by atoms with Crippen molar-refractivity contribution in [2.75, 3.05) is 13.2 Å². The maximum atomic E-state index is 12.8. The molecule has 0 radical (unpaired) electrons. The molecule has 0 saturated carbocycles. The third kappa shape index (κ3) is 3.98. The van der Waals surface area contributed by atoms with Gasteiger partial charge in [-0.1, -0.05) is 30.4 Å². The Labute approximate surface area is 124 Å². The molecule has 0 unspecified atom stereocenters. The van der Waals surface area contributed by atoms with E-state index in [1.807, 2.05) is 6.07 Å². The van der Waals surface area contributed by atoms with Gasteiger partial charge in [0.2, 0.25) is 0 Å². The number of rotatable bonds is 6. The van der Waals surface area contributed by atoms with Gasteiger partial charge in [0.05, 0.1) is 6.61 Å². The molecular formula is C16H14F4O2. The van der Waals surface area contributed by atoms with Crippen LogP contribution in [-0.4, -0.2) is 30.7 Å². The lowest BCUT2D eigenvalue weighted by Gasteiger charge is -2.16. The van der Waals surface area contributed by atoms with Crippen LogP contribution in [0.4, 0.5) is 17.6 Å². The van der Waals surface area contributed by atoms with Gasteiger partial charge in [0.1, 0.15) is 5.75 Å². The highest BCUT2D eigenvalue weighted by Gasteiger charge is 2.41. The fourth-order valence-electron chi connectivity index (χ4n) is 1.87. The summed E-state index contributed by atoms with van der Waals surface area (Å²) in [5.41, 5.74) is 0.874. The van der Waals surface area contributed by atoms with Crippen LogP contribution >= 0.6 is 0 Å². The van der Waals surface area contributed by atoms with Gasteiger partial charge in [0.15, 0.2) is 6.61 Å². The van der Waals surface area contributed by atoms with Crippen LogP contribution in [0.2, 0.25) is 0 Å². The number of alkyl halides is 4. The van der Waals surface area contributed by atoms with Crippen LogP contribution in [0, 0.1) is 0 Å². The molecule has 0 saturated heterocycles. The highest BCUT2D eigenvalue weighted by Crippen LogP contribution is 2.26. The molecule has 0 aliphatic heterocycles. The molecule has 1 N–H and O–H groups in total. The smallest absolute Gasteiger partial charge is 0.340 e. The molecule has 2 aromatic carbocycles. The molecule has 118 valence electrons. The van der Waals surface area contributed by atoms with E-state index in [9.17, 15) is 17.6 Å². The van der Waals surface area contributed by atoms with E-state index in [4.69, 9.17) is 9.84 Å². The Kier molecular flexibility index (Phi) is 5.03. The van der Waals surface area contributed by atoms with Crippen LogP contribution in [0.15, 0.2) is 42.5 Å². The summed E-state index contributed by atoms with van der Waals surface area (Å²) in [6, 6.07) is 10.00. The fraction of sp³-hybridized carbons (Fsp3) is 0.250. The van der Waals surface area contributed by atoms with E-state index < -0.39 is 19.0 Å². The summed E-state index contributed by atoms with van der Waals surface area (Å²) in [4.78, 5) is 0. The van der Waals surface area contributed by atoms with Crippen LogP contribution in [0.1, 0.15) is 5.56 Å². The summed E-state index contributed by atoms with van der Waals surface area (Å²) in [5.74, 6) is -4.07. The second kappa shape index (κ2) is 6.79. The van der Waals surface area contributed by atoms with E-state index >= 15 is 0 Å². The van der Waals surface area contributed by atoms with E-state index in [0.29, 0.717) is 0 Å². The van der Waals surface area contributed by atoms with Gasteiger partial charge >= 0.3 is 12.3 Å². The lowest BCUT2D eigenvalue weighted by Crippen LogP contribution is -2.33. The topological polar surface area (TPSA) is 29.5 Å². The Morgan fingerprint density at radius 3 is 2.45 bits per heavy atom. The molecule has 0 spiro atoms. The molecule has 0 bridgehead atoms. The first-order valence-electron chi connectivity index (χ1n) is 6.52. The standard InChI is InChI=1S/C16H14F4O2/c17-15(18)16(19,20)10-22-14-6-5-12-8-11(2-1-7-21)3-4-13(12)9-14/h1-6,8-9,15,21H,7,10H2/b2-1+. The molecule has 0 aromatic heterocycles. The molecule has 2 rings (SSSR count). The number of aliphatic hydroxyl groups is 1. The molecule has 0 heterocycles. The first-order chi connectivity index (χ1) is 10.4. The van der Waals surface area contributed by atoms with Crippen molar-refractivity contribution < 1.29 is 27.4 Å². The molecule has 0 aliphatic rings. The summed E-state index contributed by atoms with van der Waals surface area (Å²) < 4.78 is 54.5. The first-order valence-corrected chi connectivity index (χ1v) is 6.52. The lowest BCUT2D eigenvalue weighted by molar-refractivity contribution is -0.148. The second-order valence-electron chi connectivity index (χ2n) is 4.70. The predicted molar refractivity (Wildman–Crippen MR) is 76.5 cm³/mol. The SMILES string of the molecule is OC/C=C/c1ccc2cc(OCC(F)(F)C(F)F)ccc2c1. The van der Waals surface area contributed by atoms with Crippen molar-refractivity contribution in [1.29, 1.82) is 0 Å². The van der Waals surface area contributed by atoms with Crippen molar-refractivity contribution in [3.05, 3.63) is 48.0 Å². The van der Waals surface area contributed by atoms with E-state index in [1.165, 1.54) is 12.1 Å². The minimum Gasteiger partial charge on any atom is -0.487 e. The van der Waals surface area contributed by atoms with Crippen LogP contribution < -0.4 is 4.74 Å². The van der Waals surface area contributed by atoms with Gasteiger partial charge < -0.3 is 9.84 Å². The molecule has 2 nitrogen and oxygen atoms in total. The van der Waals surface area contributed by atoms with Crippen LogP contribution in [0.25, 0.3) is 16.8 Å². The largest absolute Gasteiger partial charge is 0.487 e. The minimum absolute atomic E-state index is 0.0663. The molecule has 2 aromatic rings. The number of halogens is 4. The van der Waals surface area contributed by atoms with E-state index in [0.717, 1.165) is 16.3 Å². The number of ether oxygens (including phenoxy) is 1. The molecule has 0 fully saturated rings. The van der Waals surface area contributed by atoms with Crippen molar-refractivity contribution in [3.63, 3.8) is 0 Å². The van der Waals surface area contributed by atoms with Crippen molar-refractivity contribution in [2.45, 2.75) is 12.3 Å². The Morgan fingerprint density at radius 2 is 1.77 bits per heavy atom. The Hall–Kier alpha value is -2.08. The fourth-order valence-corrected chi connectivity index (χ4v) is 1.87. The average molecular weight is 314 g/mol. The summed E-state index contributed by atoms with van der Waals surface area (Å²) in [7, 11) is 0. The maximum Gasteiger partial charge on any atom is 0.340 e. The third-order valence-electron chi connectivity index (χ3n) is 3.00. The van der Waals surface area contributed by atoms with Gasteiger partial charge in [0, 0.05) is 0 Å². The first kappa shape index (κ1) is 16.3. The second-order valence-corrected chi connectivity index (χ2v) is 4.70. The quantitative estimate of drug-likeness (QED) is 0.813. The summed E-state index contributed by atoms with van der Waals surface area (Å²) in [5, 5.41) is 10.3. The van der Waals surface area contributed by atoms with Crippen molar-refractivity contribution >= 4 is 16.8 Å². The van der Waals surface area contributed by atoms with Gasteiger partial charge in [-0.05, 0) is 34.5 Å². The van der Waals surface area contributed by atoms with E-state index in [1.54, 1.807) is 30.4 Å². The van der Waals surface area contributed by atoms with E-state index in [-0.39, 0.29) is 12.4 Å². The highest BCUT2D eigenvalue weighted by atomic mass is 19.3. The number of hydrogen-bond donors (Lipinski definition) is 1. The van der Waals surface area contributed by atoms with Gasteiger partial charge in [0.25, 0.3) is 0 Å². The van der Waals surface area contributed by atoms with Gasteiger partial charge in [-0.2, -0.15) is 8.78 Å². The minimum atomic E-state index is -4.17. The molecule has 6 heteroatoms. The average Bonchev–Trinajstić information content (AvgIpc) is 2.50. The number of benzene rings is 2. The number of hydrogen-bond acceptors (Lipinski definition) is 2. The van der Waals surface area contributed by atoms with Gasteiger partial charge in [-0.25, -0.2) is 8.78 Å². The predicted octanol–water partition coefficient (Wildman–Crippen LogP) is 4.12. The van der Waals surface area contributed by atoms with Gasteiger partial charge in [-0.15, -0.1) is 0 Å². The molecule has 0 aliphatic carbocycles. The maximum absolute atomic E-state index is 12.8. The zero-order chi connectivity index (χ0) is 16.2. The Bertz CT molecular complexity index is 668. The molecule has 0 amide bonds. The van der Waals surface area contributed by atoms with Crippen LogP contribution in [-0.2, 0) is 0 Å². The van der Waals surface area contributed by atoms with E-state index in [2.05, 4.69) is 0 Å². The highest BCUT2D eigenvalue weighted by molar-refractivity contribution is 5.86.